The van der Waals surface area contributed by atoms with Gasteiger partial charge in [-0.3, -0.25) is 0 Å². The number of para-hydroxylation sites is 1. The van der Waals surface area contributed by atoms with E-state index in [4.69, 9.17) is 10.5 Å². The average molecular weight is 245 g/mol. The fraction of sp³-hybridized carbons (Fsp3) is 0.417. The lowest BCUT2D eigenvalue weighted by Gasteiger charge is -2.24. The highest BCUT2D eigenvalue weighted by Gasteiger charge is 2.27. The standard InChI is InChI=1S/C12H15N5O/c13-6-7-17-12(14-15-16-17)10-5-8-18-11-4-2-1-3-9(10)11/h1-4,10H,5-8,13H2. The van der Waals surface area contributed by atoms with E-state index in [1.54, 1.807) is 4.68 Å². The molecule has 2 N–H and O–H groups in total. The topological polar surface area (TPSA) is 78.9 Å². The second-order valence-corrected chi connectivity index (χ2v) is 4.28. The number of hydrogen-bond acceptors (Lipinski definition) is 5. The van der Waals surface area contributed by atoms with Crippen LogP contribution in [0.3, 0.4) is 0 Å². The number of tetrazole rings is 1. The summed E-state index contributed by atoms with van der Waals surface area (Å²) in [6, 6.07) is 8.04. The van der Waals surface area contributed by atoms with E-state index in [0.717, 1.165) is 23.6 Å². The van der Waals surface area contributed by atoms with E-state index in [-0.39, 0.29) is 5.92 Å². The molecule has 1 aliphatic rings. The van der Waals surface area contributed by atoms with Crippen LogP contribution < -0.4 is 10.5 Å². The molecule has 94 valence electrons. The monoisotopic (exact) mass is 245 g/mol. The van der Waals surface area contributed by atoms with Crippen LogP contribution in [-0.2, 0) is 6.54 Å². The van der Waals surface area contributed by atoms with Crippen LogP contribution in [0.1, 0.15) is 23.7 Å². The molecule has 1 aliphatic heterocycles. The van der Waals surface area contributed by atoms with Crippen LogP contribution in [-0.4, -0.2) is 33.4 Å². The van der Waals surface area contributed by atoms with Crippen LogP contribution in [0, 0.1) is 0 Å². The number of fused-ring (bicyclic) bond motifs is 1. The van der Waals surface area contributed by atoms with Gasteiger partial charge < -0.3 is 10.5 Å². The lowest BCUT2D eigenvalue weighted by atomic mass is 9.92. The first-order chi connectivity index (χ1) is 8.90. The van der Waals surface area contributed by atoms with Crippen LogP contribution in [0.15, 0.2) is 24.3 Å². The van der Waals surface area contributed by atoms with Crippen molar-refractivity contribution in [2.45, 2.75) is 18.9 Å². The number of nitrogens with two attached hydrogens (primary N) is 1. The van der Waals surface area contributed by atoms with Gasteiger partial charge in [0.1, 0.15) is 5.75 Å². The molecule has 0 spiro atoms. The Hall–Kier alpha value is -1.95. The predicted octanol–water partition coefficient (Wildman–Crippen LogP) is 0.546. The Morgan fingerprint density at radius 3 is 3.17 bits per heavy atom. The SMILES string of the molecule is NCCn1nnnc1C1CCOc2ccccc21. The van der Waals surface area contributed by atoms with Crippen molar-refractivity contribution in [3.8, 4) is 5.75 Å². The average Bonchev–Trinajstić information content (AvgIpc) is 2.87. The van der Waals surface area contributed by atoms with Gasteiger partial charge in [-0.2, -0.15) is 0 Å². The van der Waals surface area contributed by atoms with E-state index >= 15 is 0 Å². The van der Waals surface area contributed by atoms with Crippen LogP contribution in [0.4, 0.5) is 0 Å². The number of benzene rings is 1. The molecular weight excluding hydrogens is 230 g/mol. The fourth-order valence-electron chi connectivity index (χ4n) is 2.35. The highest BCUT2D eigenvalue weighted by Crippen LogP contribution is 2.36. The molecule has 2 heterocycles. The van der Waals surface area contributed by atoms with E-state index in [2.05, 4.69) is 21.6 Å². The molecule has 0 aliphatic carbocycles. The minimum atomic E-state index is 0.191. The van der Waals surface area contributed by atoms with Crippen molar-refractivity contribution in [3.63, 3.8) is 0 Å². The normalized spacial score (nSPS) is 18.2. The molecule has 18 heavy (non-hydrogen) atoms. The highest BCUT2D eigenvalue weighted by molar-refractivity contribution is 5.40. The number of ether oxygens (including phenoxy) is 1. The van der Waals surface area contributed by atoms with E-state index in [1.165, 1.54) is 0 Å². The molecule has 0 saturated heterocycles. The van der Waals surface area contributed by atoms with Gasteiger partial charge in [0.25, 0.3) is 0 Å². The maximum Gasteiger partial charge on any atom is 0.159 e. The number of nitrogens with zero attached hydrogens (tertiary/aromatic N) is 4. The van der Waals surface area contributed by atoms with Crippen molar-refractivity contribution in [2.24, 2.45) is 5.73 Å². The summed E-state index contributed by atoms with van der Waals surface area (Å²) < 4.78 is 7.43. The van der Waals surface area contributed by atoms with Gasteiger partial charge >= 0.3 is 0 Å². The van der Waals surface area contributed by atoms with E-state index in [9.17, 15) is 0 Å². The van der Waals surface area contributed by atoms with E-state index < -0.39 is 0 Å². The van der Waals surface area contributed by atoms with Gasteiger partial charge in [-0.15, -0.1) is 5.10 Å². The minimum absolute atomic E-state index is 0.191. The second-order valence-electron chi connectivity index (χ2n) is 4.28. The Morgan fingerprint density at radius 2 is 2.28 bits per heavy atom. The summed E-state index contributed by atoms with van der Waals surface area (Å²) in [5.74, 6) is 1.99. The molecule has 1 aromatic carbocycles. The zero-order valence-electron chi connectivity index (χ0n) is 9.99. The minimum Gasteiger partial charge on any atom is -0.493 e. The van der Waals surface area contributed by atoms with Gasteiger partial charge in [-0.25, -0.2) is 4.68 Å². The zero-order valence-corrected chi connectivity index (χ0v) is 9.99. The predicted molar refractivity (Wildman–Crippen MR) is 65.3 cm³/mol. The third kappa shape index (κ3) is 1.84. The van der Waals surface area contributed by atoms with Gasteiger partial charge in [-0.05, 0) is 22.9 Å². The van der Waals surface area contributed by atoms with Crippen molar-refractivity contribution >= 4 is 0 Å². The molecule has 1 unspecified atom stereocenters. The van der Waals surface area contributed by atoms with Crippen molar-refractivity contribution in [2.75, 3.05) is 13.2 Å². The third-order valence-corrected chi connectivity index (χ3v) is 3.17. The Kier molecular flexibility index (Phi) is 2.93. The summed E-state index contributed by atoms with van der Waals surface area (Å²) in [6.45, 7) is 1.86. The summed E-state index contributed by atoms with van der Waals surface area (Å²) >= 11 is 0. The van der Waals surface area contributed by atoms with Crippen LogP contribution in [0.5, 0.6) is 5.75 Å². The van der Waals surface area contributed by atoms with Gasteiger partial charge in [0.15, 0.2) is 5.82 Å². The Morgan fingerprint density at radius 1 is 1.39 bits per heavy atom. The van der Waals surface area contributed by atoms with Crippen LogP contribution in [0.25, 0.3) is 0 Å². The summed E-state index contributed by atoms with van der Waals surface area (Å²) in [6.07, 6.45) is 0.891. The number of rotatable bonds is 3. The lowest BCUT2D eigenvalue weighted by molar-refractivity contribution is 0.272. The van der Waals surface area contributed by atoms with Gasteiger partial charge in [0.05, 0.1) is 19.1 Å². The highest BCUT2D eigenvalue weighted by atomic mass is 16.5. The molecule has 0 fully saturated rings. The molecule has 3 rings (SSSR count). The smallest absolute Gasteiger partial charge is 0.159 e. The molecule has 0 amide bonds. The molecule has 0 saturated carbocycles. The van der Waals surface area contributed by atoms with E-state index in [0.29, 0.717) is 19.7 Å². The Balaban J connectivity index is 2.00. The molecule has 0 bridgehead atoms. The molecule has 0 radical (unpaired) electrons. The Labute approximate surface area is 105 Å². The van der Waals surface area contributed by atoms with Gasteiger partial charge in [0.2, 0.25) is 0 Å². The quantitative estimate of drug-likeness (QED) is 0.854. The molecule has 2 aromatic rings. The molecule has 6 nitrogen and oxygen atoms in total. The van der Waals surface area contributed by atoms with Gasteiger partial charge in [0, 0.05) is 12.1 Å². The fourth-order valence-corrected chi connectivity index (χ4v) is 2.35. The second kappa shape index (κ2) is 4.73. The van der Waals surface area contributed by atoms with Crippen molar-refractivity contribution < 1.29 is 4.74 Å². The van der Waals surface area contributed by atoms with Crippen molar-refractivity contribution in [1.82, 2.24) is 20.2 Å². The first-order valence-corrected chi connectivity index (χ1v) is 6.08. The molecule has 1 aromatic heterocycles. The maximum absolute atomic E-state index is 5.65. The zero-order chi connectivity index (χ0) is 12.4. The Bertz CT molecular complexity index is 539. The first-order valence-electron chi connectivity index (χ1n) is 6.08. The lowest BCUT2D eigenvalue weighted by Crippen LogP contribution is -2.21. The first kappa shape index (κ1) is 11.2. The number of hydrogen-bond donors (Lipinski definition) is 1. The molecule has 1 atom stereocenters. The summed E-state index contributed by atoms with van der Waals surface area (Å²) in [5, 5.41) is 11.9. The molecular formula is C12H15N5O. The van der Waals surface area contributed by atoms with Crippen LogP contribution in [0.2, 0.25) is 0 Å². The van der Waals surface area contributed by atoms with Crippen LogP contribution >= 0.6 is 0 Å². The molecule has 6 heteroatoms. The third-order valence-electron chi connectivity index (χ3n) is 3.17. The van der Waals surface area contributed by atoms with Crippen molar-refractivity contribution in [1.29, 1.82) is 0 Å². The maximum atomic E-state index is 5.65. The summed E-state index contributed by atoms with van der Waals surface area (Å²) in [7, 11) is 0. The van der Waals surface area contributed by atoms with Gasteiger partial charge in [-0.1, -0.05) is 18.2 Å². The number of aromatic nitrogens is 4. The summed E-state index contributed by atoms with van der Waals surface area (Å²) in [5.41, 5.74) is 6.72. The van der Waals surface area contributed by atoms with E-state index in [1.807, 2.05) is 18.2 Å². The largest absolute Gasteiger partial charge is 0.493 e. The van der Waals surface area contributed by atoms with Crippen molar-refractivity contribution in [3.05, 3.63) is 35.7 Å². The summed E-state index contributed by atoms with van der Waals surface area (Å²) in [4.78, 5) is 0.